The number of carbonyl (C=O) groups is 1. The van der Waals surface area contributed by atoms with Gasteiger partial charge in [0.15, 0.2) is 0 Å². The van der Waals surface area contributed by atoms with Gasteiger partial charge in [-0.1, -0.05) is 30.3 Å². The number of ether oxygens (including phenoxy) is 1. The fraction of sp³-hybridized carbons (Fsp3) is 0.308. The van der Waals surface area contributed by atoms with Gasteiger partial charge in [0.05, 0.1) is 12.2 Å². The summed E-state index contributed by atoms with van der Waals surface area (Å²) in [7, 11) is 0. The second-order valence-electron chi connectivity index (χ2n) is 3.92. The number of nitrogens with one attached hydrogen (secondary N) is 1. The molecule has 0 saturated carbocycles. The Labute approximate surface area is 101 Å². The SMILES string of the molecule is CC(C)OC(=O)C=C(N)NCc1ccccc1. The maximum absolute atomic E-state index is 11.3. The van der Waals surface area contributed by atoms with Crippen LogP contribution in [-0.2, 0) is 16.1 Å². The third kappa shape index (κ3) is 5.61. The van der Waals surface area contributed by atoms with Crippen LogP contribution in [0.15, 0.2) is 42.2 Å². The molecule has 1 rings (SSSR count). The standard InChI is InChI=1S/C13H18N2O2/c1-10(2)17-13(16)8-12(14)15-9-11-6-4-3-5-7-11/h3-8,10,15H,9,14H2,1-2H3. The quantitative estimate of drug-likeness (QED) is 0.599. The van der Waals surface area contributed by atoms with Crippen molar-refractivity contribution in [1.29, 1.82) is 0 Å². The lowest BCUT2D eigenvalue weighted by atomic mass is 10.2. The molecule has 0 heterocycles. The highest BCUT2D eigenvalue weighted by molar-refractivity contribution is 5.82. The van der Waals surface area contributed by atoms with Gasteiger partial charge in [-0.15, -0.1) is 0 Å². The Bertz CT molecular complexity index is 386. The van der Waals surface area contributed by atoms with Gasteiger partial charge in [0, 0.05) is 6.54 Å². The molecule has 0 atom stereocenters. The molecule has 92 valence electrons. The van der Waals surface area contributed by atoms with Gasteiger partial charge in [0.1, 0.15) is 5.82 Å². The van der Waals surface area contributed by atoms with Crippen molar-refractivity contribution in [3.63, 3.8) is 0 Å². The third-order valence-electron chi connectivity index (χ3n) is 1.96. The highest BCUT2D eigenvalue weighted by atomic mass is 16.5. The average molecular weight is 234 g/mol. The van der Waals surface area contributed by atoms with Crippen molar-refractivity contribution in [2.24, 2.45) is 5.73 Å². The number of hydrogen-bond acceptors (Lipinski definition) is 4. The predicted octanol–water partition coefficient (Wildman–Crippen LogP) is 1.53. The molecule has 0 aliphatic rings. The van der Waals surface area contributed by atoms with Gasteiger partial charge in [-0.3, -0.25) is 0 Å². The molecule has 0 spiro atoms. The molecule has 0 amide bonds. The zero-order valence-corrected chi connectivity index (χ0v) is 10.1. The van der Waals surface area contributed by atoms with Gasteiger partial charge in [-0.05, 0) is 19.4 Å². The van der Waals surface area contributed by atoms with Crippen molar-refractivity contribution in [1.82, 2.24) is 5.32 Å². The normalized spacial score (nSPS) is 11.4. The van der Waals surface area contributed by atoms with E-state index in [1.807, 2.05) is 30.3 Å². The Morgan fingerprint density at radius 1 is 1.41 bits per heavy atom. The van der Waals surface area contributed by atoms with Gasteiger partial charge < -0.3 is 15.8 Å². The van der Waals surface area contributed by atoms with E-state index in [0.29, 0.717) is 12.4 Å². The minimum absolute atomic E-state index is 0.138. The number of carbonyl (C=O) groups excluding carboxylic acids is 1. The molecule has 0 unspecified atom stereocenters. The Balaban J connectivity index is 2.41. The summed E-state index contributed by atoms with van der Waals surface area (Å²) >= 11 is 0. The van der Waals surface area contributed by atoms with E-state index < -0.39 is 5.97 Å². The highest BCUT2D eigenvalue weighted by Gasteiger charge is 2.02. The third-order valence-corrected chi connectivity index (χ3v) is 1.96. The van der Waals surface area contributed by atoms with E-state index in [2.05, 4.69) is 5.32 Å². The summed E-state index contributed by atoms with van der Waals surface area (Å²) in [6, 6.07) is 9.80. The van der Waals surface area contributed by atoms with Gasteiger partial charge in [0.2, 0.25) is 0 Å². The van der Waals surface area contributed by atoms with Crippen LogP contribution in [0.3, 0.4) is 0 Å². The molecule has 0 radical (unpaired) electrons. The van der Waals surface area contributed by atoms with Crippen LogP contribution < -0.4 is 11.1 Å². The van der Waals surface area contributed by atoms with Crippen molar-refractivity contribution in [3.05, 3.63) is 47.8 Å². The Hall–Kier alpha value is -1.97. The number of nitrogens with two attached hydrogens (primary N) is 1. The smallest absolute Gasteiger partial charge is 0.334 e. The molecule has 0 fully saturated rings. The zero-order valence-electron chi connectivity index (χ0n) is 10.1. The van der Waals surface area contributed by atoms with E-state index >= 15 is 0 Å². The fourth-order valence-electron chi connectivity index (χ4n) is 1.24. The summed E-state index contributed by atoms with van der Waals surface area (Å²) in [6.07, 6.45) is 1.11. The number of hydrogen-bond donors (Lipinski definition) is 2. The average Bonchev–Trinajstić information content (AvgIpc) is 2.26. The van der Waals surface area contributed by atoms with Gasteiger partial charge in [-0.2, -0.15) is 0 Å². The molecular weight excluding hydrogens is 216 g/mol. The van der Waals surface area contributed by atoms with Crippen molar-refractivity contribution in [2.75, 3.05) is 0 Å². The predicted molar refractivity (Wildman–Crippen MR) is 66.8 cm³/mol. The lowest BCUT2D eigenvalue weighted by molar-refractivity contribution is -0.141. The summed E-state index contributed by atoms with van der Waals surface area (Å²) in [4.78, 5) is 11.3. The van der Waals surface area contributed by atoms with Crippen molar-refractivity contribution in [2.45, 2.75) is 26.5 Å². The van der Waals surface area contributed by atoms with Gasteiger partial charge in [-0.25, -0.2) is 4.79 Å². The molecular formula is C13H18N2O2. The van der Waals surface area contributed by atoms with Crippen LogP contribution >= 0.6 is 0 Å². The molecule has 0 aliphatic heterocycles. The zero-order chi connectivity index (χ0) is 12.7. The van der Waals surface area contributed by atoms with E-state index in [0.717, 1.165) is 5.56 Å². The monoisotopic (exact) mass is 234 g/mol. The molecule has 4 nitrogen and oxygen atoms in total. The number of esters is 1. The molecule has 1 aromatic carbocycles. The topological polar surface area (TPSA) is 64.3 Å². The van der Waals surface area contributed by atoms with Crippen LogP contribution in [0, 0.1) is 0 Å². The summed E-state index contributed by atoms with van der Waals surface area (Å²) in [5.74, 6) is -0.127. The first-order chi connectivity index (χ1) is 8.08. The van der Waals surface area contributed by atoms with Crippen LogP contribution in [0.25, 0.3) is 0 Å². The summed E-state index contributed by atoms with van der Waals surface area (Å²) in [5, 5.41) is 2.94. The molecule has 17 heavy (non-hydrogen) atoms. The van der Waals surface area contributed by atoms with Gasteiger partial charge >= 0.3 is 5.97 Å². The van der Waals surface area contributed by atoms with E-state index in [9.17, 15) is 4.79 Å². The lowest BCUT2D eigenvalue weighted by Gasteiger charge is -2.08. The molecule has 0 aromatic heterocycles. The second kappa shape index (κ2) is 6.58. The largest absolute Gasteiger partial charge is 0.460 e. The molecule has 0 bridgehead atoms. The van der Waals surface area contributed by atoms with Crippen LogP contribution in [0.1, 0.15) is 19.4 Å². The lowest BCUT2D eigenvalue weighted by Crippen LogP contribution is -2.22. The summed E-state index contributed by atoms with van der Waals surface area (Å²) in [6.45, 7) is 4.16. The van der Waals surface area contributed by atoms with E-state index in [1.165, 1.54) is 6.08 Å². The molecule has 0 saturated heterocycles. The highest BCUT2D eigenvalue weighted by Crippen LogP contribution is 1.98. The first-order valence-electron chi connectivity index (χ1n) is 5.53. The van der Waals surface area contributed by atoms with E-state index in [1.54, 1.807) is 13.8 Å². The maximum atomic E-state index is 11.3. The fourth-order valence-corrected chi connectivity index (χ4v) is 1.24. The maximum Gasteiger partial charge on any atom is 0.334 e. The van der Waals surface area contributed by atoms with Crippen molar-refractivity contribution in [3.8, 4) is 0 Å². The van der Waals surface area contributed by atoms with Gasteiger partial charge in [0.25, 0.3) is 0 Å². The molecule has 0 aliphatic carbocycles. The summed E-state index contributed by atoms with van der Waals surface area (Å²) in [5.41, 5.74) is 6.75. The molecule has 1 aromatic rings. The number of benzene rings is 1. The Morgan fingerprint density at radius 2 is 2.06 bits per heavy atom. The minimum atomic E-state index is -0.432. The van der Waals surface area contributed by atoms with E-state index in [4.69, 9.17) is 10.5 Å². The van der Waals surface area contributed by atoms with Crippen LogP contribution in [-0.4, -0.2) is 12.1 Å². The first kappa shape index (κ1) is 13.1. The number of rotatable bonds is 5. The second-order valence-corrected chi connectivity index (χ2v) is 3.92. The van der Waals surface area contributed by atoms with Crippen LogP contribution in [0.5, 0.6) is 0 Å². The molecule has 4 heteroatoms. The first-order valence-corrected chi connectivity index (χ1v) is 5.53. The van der Waals surface area contributed by atoms with Crippen LogP contribution in [0.2, 0.25) is 0 Å². The van der Waals surface area contributed by atoms with Crippen molar-refractivity contribution < 1.29 is 9.53 Å². The molecule has 3 N–H and O–H groups in total. The Kier molecular flexibility index (Phi) is 5.07. The van der Waals surface area contributed by atoms with Crippen LogP contribution in [0.4, 0.5) is 0 Å². The minimum Gasteiger partial charge on any atom is -0.460 e. The van der Waals surface area contributed by atoms with Crippen molar-refractivity contribution >= 4 is 5.97 Å². The Morgan fingerprint density at radius 3 is 2.65 bits per heavy atom. The summed E-state index contributed by atoms with van der Waals surface area (Å²) < 4.78 is 4.94. The van der Waals surface area contributed by atoms with E-state index in [-0.39, 0.29) is 6.10 Å².